The molecule has 0 radical (unpaired) electrons. The largest absolute Gasteiger partial charge is 0.459 e. The number of alkyl halides is 1. The molecule has 2 aromatic heterocycles. The van der Waals surface area contributed by atoms with Crippen LogP contribution in [0.3, 0.4) is 0 Å². The molecule has 14 nitrogen and oxygen atoms in total. The van der Waals surface area contributed by atoms with Crippen molar-refractivity contribution in [3.8, 4) is 0 Å². The lowest BCUT2D eigenvalue weighted by molar-refractivity contribution is -0.224. The fourth-order valence-electron chi connectivity index (χ4n) is 3.61. The predicted octanol–water partition coefficient (Wildman–Crippen LogP) is 1.01. The minimum Gasteiger partial charge on any atom is -0.459 e. The van der Waals surface area contributed by atoms with E-state index in [4.69, 9.17) is 23.7 Å². The van der Waals surface area contributed by atoms with Gasteiger partial charge in [-0.25, -0.2) is 18.5 Å². The average Bonchev–Trinajstić information content (AvgIpc) is 3.22. The summed E-state index contributed by atoms with van der Waals surface area (Å²) >= 11 is 0. The maximum absolute atomic E-state index is 16.2. The van der Waals surface area contributed by atoms with Gasteiger partial charge in [0.25, 0.3) is 11.4 Å². The summed E-state index contributed by atoms with van der Waals surface area (Å²) in [5.74, 6) is -6.47. The summed E-state index contributed by atoms with van der Waals surface area (Å²) in [6.45, 7) is 2.47. The average molecular weight is 566 g/mol. The highest BCUT2D eigenvalue weighted by molar-refractivity contribution is 5.88. The van der Waals surface area contributed by atoms with Gasteiger partial charge in [0.1, 0.15) is 0 Å². The molecule has 2 aromatic rings. The topological polar surface area (TPSA) is 171 Å². The Labute approximate surface area is 226 Å². The molecule has 0 aliphatic carbocycles. The Morgan fingerprint density at radius 3 is 2.30 bits per heavy atom. The Balaban J connectivity index is 2.01. The van der Waals surface area contributed by atoms with Crippen LogP contribution in [0.5, 0.6) is 0 Å². The smallest absolute Gasteiger partial charge is 0.341 e. The van der Waals surface area contributed by atoms with Crippen LogP contribution < -0.4 is 11.2 Å². The van der Waals surface area contributed by atoms with Crippen LogP contribution in [0.1, 0.15) is 56.6 Å². The number of ether oxygens (including phenoxy) is 5. The van der Waals surface area contributed by atoms with Crippen molar-refractivity contribution < 1.29 is 47.3 Å². The summed E-state index contributed by atoms with van der Waals surface area (Å²) in [7, 11) is 0. The molecule has 0 unspecified atom stereocenters. The zero-order valence-corrected chi connectivity index (χ0v) is 21.9. The number of pyridine rings is 1. The van der Waals surface area contributed by atoms with Crippen molar-refractivity contribution in [1.29, 1.82) is 0 Å². The van der Waals surface area contributed by atoms with Crippen LogP contribution in [0, 0.1) is 0 Å². The molecule has 3 heterocycles. The van der Waals surface area contributed by atoms with Crippen LogP contribution >= 0.6 is 0 Å². The molecule has 1 aliphatic rings. The second-order valence-corrected chi connectivity index (χ2v) is 8.46. The summed E-state index contributed by atoms with van der Waals surface area (Å²) in [5.41, 5.74) is -1.95. The van der Waals surface area contributed by atoms with Crippen LogP contribution in [-0.4, -0.2) is 62.7 Å². The van der Waals surface area contributed by atoms with Crippen LogP contribution in [0.25, 0.3) is 0 Å². The molecule has 4 atom stereocenters. The molecule has 216 valence electrons. The van der Waals surface area contributed by atoms with E-state index in [0.29, 0.717) is 9.13 Å². The summed E-state index contributed by atoms with van der Waals surface area (Å²) < 4.78 is 43.4. The second-order valence-electron chi connectivity index (χ2n) is 8.46. The van der Waals surface area contributed by atoms with Gasteiger partial charge >= 0.3 is 29.6 Å². The minimum absolute atomic E-state index is 0.0573. The van der Waals surface area contributed by atoms with Crippen LogP contribution in [0.4, 0.5) is 4.39 Å². The molecule has 1 aliphatic heterocycles. The van der Waals surface area contributed by atoms with Gasteiger partial charge in [0.2, 0.25) is 6.10 Å². The van der Waals surface area contributed by atoms with E-state index in [2.05, 4.69) is 4.98 Å². The van der Waals surface area contributed by atoms with Gasteiger partial charge in [-0.05, 0) is 12.1 Å². The molecule has 0 N–H and O–H groups in total. The van der Waals surface area contributed by atoms with Gasteiger partial charge < -0.3 is 23.7 Å². The molecule has 0 bridgehead atoms. The molecular formula is C25H28FN3O11. The maximum Gasteiger partial charge on any atom is 0.341 e. The number of carbonyl (C=O) groups is 4. The first-order valence-electron chi connectivity index (χ1n) is 12.3. The number of aromatic nitrogens is 3. The maximum atomic E-state index is 16.2. The molecule has 0 spiro atoms. The van der Waals surface area contributed by atoms with E-state index in [-0.39, 0.29) is 24.8 Å². The first-order valence-corrected chi connectivity index (χ1v) is 12.3. The Bertz CT molecular complexity index is 1360. The summed E-state index contributed by atoms with van der Waals surface area (Å²) in [6, 6.07) is 3.80. The quantitative estimate of drug-likeness (QED) is 0.280. The minimum atomic E-state index is -3.05. The Morgan fingerprint density at radius 1 is 1.00 bits per heavy atom. The monoisotopic (exact) mass is 565 g/mol. The number of nitrogens with zero attached hydrogens (tertiary/aromatic N) is 3. The zero-order chi connectivity index (χ0) is 29.4. The van der Waals surface area contributed by atoms with Crippen molar-refractivity contribution in [2.45, 2.75) is 71.1 Å². The number of halogens is 1. The van der Waals surface area contributed by atoms with Crippen molar-refractivity contribution >= 4 is 23.9 Å². The first-order chi connectivity index (χ1) is 19.0. The van der Waals surface area contributed by atoms with E-state index in [9.17, 15) is 28.8 Å². The molecule has 1 saturated heterocycles. The van der Waals surface area contributed by atoms with Crippen molar-refractivity contribution in [3.05, 3.63) is 63.2 Å². The van der Waals surface area contributed by atoms with Gasteiger partial charge in [-0.15, -0.1) is 0 Å². The molecule has 15 heteroatoms. The number of hydrogen-bond donors (Lipinski definition) is 0. The lowest BCUT2D eigenvalue weighted by Crippen LogP contribution is -2.48. The third-order valence-electron chi connectivity index (χ3n) is 5.73. The van der Waals surface area contributed by atoms with E-state index >= 15 is 4.39 Å². The number of carbonyl (C=O) groups excluding carboxylic acids is 4. The molecule has 0 amide bonds. The molecule has 0 aromatic carbocycles. The van der Waals surface area contributed by atoms with Gasteiger partial charge in [0.05, 0.1) is 5.56 Å². The van der Waals surface area contributed by atoms with Crippen LogP contribution in [-0.2, 0) is 44.8 Å². The highest BCUT2D eigenvalue weighted by Gasteiger charge is 2.62. The van der Waals surface area contributed by atoms with E-state index in [1.165, 1.54) is 45.3 Å². The number of rotatable bonds is 11. The first kappa shape index (κ1) is 30.1. The SMILES string of the molecule is CCC(=O)OC[C@@]1(F)O[C@@H](n2ccc(=O)n(COC(=O)c3cccnc3)c2=O)[C@H](OC(=O)CC)[C@@H]1OC(=O)CC. The molecule has 1 fully saturated rings. The van der Waals surface area contributed by atoms with Crippen LogP contribution in [0.15, 0.2) is 46.4 Å². The van der Waals surface area contributed by atoms with Gasteiger partial charge in [-0.1, -0.05) is 20.8 Å². The van der Waals surface area contributed by atoms with E-state index < -0.39 is 72.8 Å². The Morgan fingerprint density at radius 2 is 1.68 bits per heavy atom. The molecule has 40 heavy (non-hydrogen) atoms. The predicted molar refractivity (Wildman–Crippen MR) is 130 cm³/mol. The Hall–Kier alpha value is -4.40. The van der Waals surface area contributed by atoms with Gasteiger partial charge in [0, 0.05) is 43.9 Å². The van der Waals surface area contributed by atoms with Crippen molar-refractivity contribution in [3.63, 3.8) is 0 Å². The summed E-state index contributed by atoms with van der Waals surface area (Å²) in [4.78, 5) is 78.0. The van der Waals surface area contributed by atoms with Gasteiger partial charge in [-0.3, -0.25) is 28.7 Å². The van der Waals surface area contributed by atoms with Gasteiger partial charge in [-0.2, -0.15) is 0 Å². The van der Waals surface area contributed by atoms with Gasteiger partial charge in [0.15, 0.2) is 25.7 Å². The van der Waals surface area contributed by atoms with E-state index in [0.717, 1.165) is 12.3 Å². The van der Waals surface area contributed by atoms with E-state index in [1.807, 2.05) is 0 Å². The summed E-state index contributed by atoms with van der Waals surface area (Å²) in [6.07, 6.45) is -2.34. The van der Waals surface area contributed by atoms with Crippen molar-refractivity contribution in [2.75, 3.05) is 6.61 Å². The lowest BCUT2D eigenvalue weighted by atomic mass is 10.1. The zero-order valence-electron chi connectivity index (χ0n) is 21.9. The normalized spacial score (nSPS) is 21.9. The molecule has 3 rings (SSSR count). The summed E-state index contributed by atoms with van der Waals surface area (Å²) in [5, 5.41) is 0. The number of esters is 4. The second kappa shape index (κ2) is 13.1. The van der Waals surface area contributed by atoms with E-state index in [1.54, 1.807) is 0 Å². The fraction of sp³-hybridized carbons (Fsp3) is 0.480. The molecular weight excluding hydrogens is 537 g/mol. The highest BCUT2D eigenvalue weighted by Crippen LogP contribution is 2.42. The Kier molecular flexibility index (Phi) is 9.87. The standard InChI is InChI=1S/C25H28FN3O11/c1-4-17(31)36-13-25(26)21(39-19(33)6-3)20(38-18(32)5-2)22(40-25)28-11-9-16(30)29(24(28)35)14-37-23(34)15-8-7-10-27-12-15/h7-12,20-22H,4-6,13-14H2,1-3H3/t20-,21+,22-,25-/m1/s1. The fourth-order valence-corrected chi connectivity index (χ4v) is 3.61. The highest BCUT2D eigenvalue weighted by atomic mass is 19.2. The third kappa shape index (κ3) is 6.77. The van der Waals surface area contributed by atoms with Crippen molar-refractivity contribution in [1.82, 2.24) is 14.1 Å². The third-order valence-corrected chi connectivity index (χ3v) is 5.73. The molecule has 0 saturated carbocycles. The lowest BCUT2D eigenvalue weighted by Gasteiger charge is -2.27. The number of hydrogen-bond acceptors (Lipinski definition) is 12. The van der Waals surface area contributed by atoms with Crippen molar-refractivity contribution in [2.24, 2.45) is 0 Å². The van der Waals surface area contributed by atoms with Crippen LogP contribution in [0.2, 0.25) is 0 Å².